The van der Waals surface area contributed by atoms with Gasteiger partial charge in [-0.1, -0.05) is 6.92 Å². The molecule has 0 aliphatic carbocycles. The molecule has 0 aliphatic rings. The Balaban J connectivity index is 0.00000484. The summed E-state index contributed by atoms with van der Waals surface area (Å²) < 4.78 is 1.40. The standard InChI is InChI=1S/C13H24N6O3.ClH/c1-6-10(13(20)17(4)8-7-14-3)15-12-11(19(21)22)9(2)16-18(12)5;/h10,14-15H,6-8H2,1-5H3;1H. The first-order valence-electron chi connectivity index (χ1n) is 7.17. The van der Waals surface area contributed by atoms with Crippen molar-refractivity contribution in [2.75, 3.05) is 32.5 Å². The normalized spacial score (nSPS) is 11.5. The summed E-state index contributed by atoms with van der Waals surface area (Å²) in [7, 11) is 5.15. The molecule has 9 nitrogen and oxygen atoms in total. The molecule has 1 unspecified atom stereocenters. The van der Waals surface area contributed by atoms with E-state index in [1.807, 2.05) is 14.0 Å². The second kappa shape index (κ2) is 9.31. The largest absolute Gasteiger partial charge is 0.353 e. The van der Waals surface area contributed by atoms with Crippen LogP contribution in [0.4, 0.5) is 11.5 Å². The van der Waals surface area contributed by atoms with Gasteiger partial charge in [-0.15, -0.1) is 12.4 Å². The molecular formula is C13H25ClN6O3. The van der Waals surface area contributed by atoms with E-state index in [9.17, 15) is 14.9 Å². The van der Waals surface area contributed by atoms with E-state index in [-0.39, 0.29) is 29.8 Å². The lowest BCUT2D eigenvalue weighted by atomic mass is 10.2. The van der Waals surface area contributed by atoms with E-state index in [0.717, 1.165) is 0 Å². The summed E-state index contributed by atoms with van der Waals surface area (Å²) in [5, 5.41) is 21.2. The van der Waals surface area contributed by atoms with Crippen LogP contribution in [0, 0.1) is 17.0 Å². The van der Waals surface area contributed by atoms with Crippen molar-refractivity contribution in [3.05, 3.63) is 15.8 Å². The molecule has 1 atom stereocenters. The van der Waals surface area contributed by atoms with Crippen LogP contribution in [0.15, 0.2) is 0 Å². The fourth-order valence-electron chi connectivity index (χ4n) is 2.19. The summed E-state index contributed by atoms with van der Waals surface area (Å²) in [6.45, 7) is 4.69. The third-order valence-corrected chi connectivity index (χ3v) is 3.46. The van der Waals surface area contributed by atoms with Crippen LogP contribution < -0.4 is 10.6 Å². The highest BCUT2D eigenvalue weighted by Gasteiger charge is 2.28. The average Bonchev–Trinajstić information content (AvgIpc) is 2.75. The number of aryl methyl sites for hydroxylation is 2. The van der Waals surface area contributed by atoms with Gasteiger partial charge in [-0.2, -0.15) is 5.10 Å². The van der Waals surface area contributed by atoms with Crippen LogP contribution in [0.3, 0.4) is 0 Å². The average molecular weight is 349 g/mol. The number of rotatable bonds is 8. The first-order valence-corrected chi connectivity index (χ1v) is 7.17. The quantitative estimate of drug-likeness (QED) is 0.534. The van der Waals surface area contributed by atoms with Gasteiger partial charge in [-0.05, 0) is 20.4 Å². The third kappa shape index (κ3) is 5.07. The molecule has 0 fully saturated rings. The fourth-order valence-corrected chi connectivity index (χ4v) is 2.19. The topological polar surface area (TPSA) is 105 Å². The van der Waals surface area contributed by atoms with Crippen LogP contribution in [0.1, 0.15) is 19.0 Å². The van der Waals surface area contributed by atoms with Gasteiger partial charge in [0.1, 0.15) is 11.7 Å². The number of nitro groups is 1. The van der Waals surface area contributed by atoms with Crippen molar-refractivity contribution in [2.45, 2.75) is 26.3 Å². The van der Waals surface area contributed by atoms with Gasteiger partial charge in [0.05, 0.1) is 4.92 Å². The Kier molecular flexibility index (Phi) is 8.55. The summed E-state index contributed by atoms with van der Waals surface area (Å²) in [5.41, 5.74) is 0.229. The number of likely N-dealkylation sites (N-methyl/N-ethyl adjacent to an activating group) is 2. The van der Waals surface area contributed by atoms with Gasteiger partial charge >= 0.3 is 5.69 Å². The Hall–Kier alpha value is -1.87. The molecular weight excluding hydrogens is 324 g/mol. The number of hydrogen-bond acceptors (Lipinski definition) is 6. The van der Waals surface area contributed by atoms with Gasteiger partial charge in [0, 0.05) is 27.2 Å². The first kappa shape index (κ1) is 21.1. The van der Waals surface area contributed by atoms with Gasteiger partial charge in [0.2, 0.25) is 11.7 Å². The predicted octanol–water partition coefficient (Wildman–Crippen LogP) is 0.927. The van der Waals surface area contributed by atoms with Crippen molar-refractivity contribution in [3.63, 3.8) is 0 Å². The number of nitrogens with one attached hydrogen (secondary N) is 2. The lowest BCUT2D eigenvalue weighted by Gasteiger charge is -2.24. The summed E-state index contributed by atoms with van der Waals surface area (Å²) in [6, 6.07) is -0.532. The van der Waals surface area contributed by atoms with E-state index in [4.69, 9.17) is 0 Å². The molecule has 0 bridgehead atoms. The minimum atomic E-state index is -0.532. The highest BCUT2D eigenvalue weighted by atomic mass is 35.5. The van der Waals surface area contributed by atoms with Gasteiger partial charge < -0.3 is 15.5 Å². The molecule has 132 valence electrons. The van der Waals surface area contributed by atoms with Gasteiger partial charge in [0.15, 0.2) is 0 Å². The number of halogens is 1. The highest BCUT2D eigenvalue weighted by molar-refractivity contribution is 5.85. The van der Waals surface area contributed by atoms with E-state index < -0.39 is 11.0 Å². The van der Waals surface area contributed by atoms with Crippen LogP contribution >= 0.6 is 12.4 Å². The Labute approximate surface area is 142 Å². The van der Waals surface area contributed by atoms with Crippen molar-refractivity contribution < 1.29 is 9.72 Å². The molecule has 1 aromatic heterocycles. The smallest absolute Gasteiger partial charge is 0.333 e. The van der Waals surface area contributed by atoms with E-state index in [1.165, 1.54) is 4.68 Å². The van der Waals surface area contributed by atoms with E-state index in [0.29, 0.717) is 25.2 Å². The number of carbonyl (C=O) groups excluding carboxylic acids is 1. The molecule has 1 amide bonds. The van der Waals surface area contributed by atoms with Crippen LogP contribution in [0.2, 0.25) is 0 Å². The Bertz CT molecular complexity index is 548. The summed E-state index contributed by atoms with van der Waals surface area (Å²) in [5.74, 6) is 0.149. The van der Waals surface area contributed by atoms with Crippen LogP contribution in [0.5, 0.6) is 0 Å². The monoisotopic (exact) mass is 348 g/mol. The van der Waals surface area contributed by atoms with Gasteiger partial charge in [-0.3, -0.25) is 14.9 Å². The molecule has 0 saturated heterocycles. The third-order valence-electron chi connectivity index (χ3n) is 3.46. The summed E-state index contributed by atoms with van der Waals surface area (Å²) in [4.78, 5) is 24.7. The molecule has 1 rings (SSSR count). The van der Waals surface area contributed by atoms with Crippen LogP contribution in [0.25, 0.3) is 0 Å². The number of carbonyl (C=O) groups is 1. The zero-order valence-corrected chi connectivity index (χ0v) is 14.9. The molecule has 1 heterocycles. The maximum atomic E-state index is 12.4. The first-order chi connectivity index (χ1) is 10.3. The van der Waals surface area contributed by atoms with Gasteiger partial charge in [0.25, 0.3) is 0 Å². The second-order valence-electron chi connectivity index (χ2n) is 5.13. The molecule has 0 aliphatic heterocycles. The maximum absolute atomic E-state index is 12.4. The summed E-state index contributed by atoms with van der Waals surface area (Å²) in [6.07, 6.45) is 0.518. The lowest BCUT2D eigenvalue weighted by molar-refractivity contribution is -0.384. The van der Waals surface area contributed by atoms with Gasteiger partial charge in [-0.25, -0.2) is 4.68 Å². The molecule has 0 spiro atoms. The molecule has 0 aromatic carbocycles. The summed E-state index contributed by atoms with van der Waals surface area (Å²) >= 11 is 0. The van der Waals surface area contributed by atoms with Crippen molar-refractivity contribution in [1.29, 1.82) is 0 Å². The zero-order chi connectivity index (χ0) is 16.9. The minimum Gasteiger partial charge on any atom is -0.353 e. The van der Waals surface area contributed by atoms with Crippen molar-refractivity contribution in [2.24, 2.45) is 7.05 Å². The molecule has 1 aromatic rings. The minimum absolute atomic E-state index is 0. The van der Waals surface area contributed by atoms with E-state index in [1.54, 1.807) is 25.9 Å². The van der Waals surface area contributed by atoms with Crippen molar-refractivity contribution >= 4 is 29.8 Å². The second-order valence-corrected chi connectivity index (χ2v) is 5.13. The maximum Gasteiger partial charge on any atom is 0.333 e. The zero-order valence-electron chi connectivity index (χ0n) is 14.1. The highest BCUT2D eigenvalue weighted by Crippen LogP contribution is 2.28. The van der Waals surface area contributed by atoms with E-state index in [2.05, 4.69) is 15.7 Å². The lowest BCUT2D eigenvalue weighted by Crippen LogP contribution is -2.43. The number of nitrogens with zero attached hydrogens (tertiary/aromatic N) is 4. The number of aromatic nitrogens is 2. The number of hydrogen-bond donors (Lipinski definition) is 2. The SMILES string of the molecule is CCC(Nc1c([N+](=O)[O-])c(C)nn1C)C(=O)N(C)CCNC.Cl. The van der Waals surface area contributed by atoms with Crippen LogP contribution in [-0.2, 0) is 11.8 Å². The molecule has 10 heteroatoms. The number of amides is 1. The molecule has 23 heavy (non-hydrogen) atoms. The Morgan fingerprint density at radius 2 is 2.13 bits per heavy atom. The molecule has 2 N–H and O–H groups in total. The molecule has 0 saturated carbocycles. The number of anilines is 1. The van der Waals surface area contributed by atoms with E-state index >= 15 is 0 Å². The Morgan fingerprint density at radius 1 is 1.52 bits per heavy atom. The fraction of sp³-hybridized carbons (Fsp3) is 0.692. The Morgan fingerprint density at radius 3 is 2.61 bits per heavy atom. The predicted molar refractivity (Wildman–Crippen MR) is 91.1 cm³/mol. The van der Waals surface area contributed by atoms with Crippen molar-refractivity contribution in [1.82, 2.24) is 20.0 Å². The van der Waals surface area contributed by atoms with Crippen LogP contribution in [-0.4, -0.2) is 58.7 Å². The van der Waals surface area contributed by atoms with Crippen molar-refractivity contribution in [3.8, 4) is 0 Å². The molecule has 0 radical (unpaired) electrons.